The molecule has 0 aliphatic heterocycles. The average molecular weight is 415 g/mol. The molecule has 2 aromatic carbocycles. The number of thiazole rings is 1. The molecule has 1 heterocycles. The van der Waals surface area contributed by atoms with Crippen molar-refractivity contribution in [1.82, 2.24) is 15.6 Å². The molecule has 0 radical (unpaired) electrons. The molecule has 1 atom stereocenters. The molecule has 2 N–H and O–H groups in total. The molecule has 0 spiro atoms. The minimum Gasteiger partial charge on any atom is -0.357 e. The smallest absolute Gasteiger partial charge is 0.246 e. The SMILES string of the molecule is CNC(=O)C(NC(=O)Cc1csc(Cc2ccccc2)n1)c1ccc(F)c(F)c1. The van der Waals surface area contributed by atoms with E-state index in [9.17, 15) is 18.4 Å². The molecule has 0 bridgehead atoms. The lowest BCUT2D eigenvalue weighted by Crippen LogP contribution is -2.39. The molecule has 2 amide bonds. The molecular formula is C21H19F2N3O2S. The summed E-state index contributed by atoms with van der Waals surface area (Å²) in [6.45, 7) is 0. The van der Waals surface area contributed by atoms with Gasteiger partial charge in [0, 0.05) is 18.8 Å². The molecule has 1 unspecified atom stereocenters. The first kappa shape index (κ1) is 20.6. The Morgan fingerprint density at radius 2 is 1.86 bits per heavy atom. The van der Waals surface area contributed by atoms with E-state index in [2.05, 4.69) is 15.6 Å². The Bertz CT molecular complexity index is 1010. The van der Waals surface area contributed by atoms with Gasteiger partial charge in [0.25, 0.3) is 0 Å². The van der Waals surface area contributed by atoms with E-state index in [0.717, 1.165) is 22.7 Å². The molecule has 0 fully saturated rings. The van der Waals surface area contributed by atoms with E-state index in [1.54, 1.807) is 5.38 Å². The van der Waals surface area contributed by atoms with Crippen LogP contribution in [-0.4, -0.2) is 23.8 Å². The Morgan fingerprint density at radius 1 is 1.10 bits per heavy atom. The number of aromatic nitrogens is 1. The third-order valence-corrected chi connectivity index (χ3v) is 5.13. The van der Waals surface area contributed by atoms with Crippen LogP contribution in [0, 0.1) is 11.6 Å². The molecule has 0 saturated carbocycles. The zero-order valence-corrected chi connectivity index (χ0v) is 16.4. The number of likely N-dealkylation sites (N-methyl/N-ethyl adjacent to an activating group) is 1. The Morgan fingerprint density at radius 3 is 2.55 bits per heavy atom. The number of hydrogen-bond donors (Lipinski definition) is 2. The maximum atomic E-state index is 13.5. The minimum atomic E-state index is -1.13. The Labute approximate surface area is 170 Å². The standard InChI is InChI=1S/C21H19F2N3O2S/c1-24-21(28)20(14-7-8-16(22)17(23)10-14)26-18(27)11-15-12-29-19(25-15)9-13-5-3-2-4-6-13/h2-8,10,12,20H,9,11H2,1H3,(H,24,28)(H,26,27). The molecule has 0 saturated heterocycles. The summed E-state index contributed by atoms with van der Waals surface area (Å²) in [6, 6.07) is 11.8. The number of halogens is 2. The van der Waals surface area contributed by atoms with Crippen molar-refractivity contribution in [3.05, 3.63) is 87.4 Å². The molecule has 8 heteroatoms. The van der Waals surface area contributed by atoms with Gasteiger partial charge in [0.1, 0.15) is 6.04 Å². The van der Waals surface area contributed by atoms with Gasteiger partial charge in [-0.15, -0.1) is 11.3 Å². The van der Waals surface area contributed by atoms with Crippen molar-refractivity contribution in [2.24, 2.45) is 0 Å². The van der Waals surface area contributed by atoms with Crippen LogP contribution in [0.5, 0.6) is 0 Å². The van der Waals surface area contributed by atoms with Gasteiger partial charge in [0.2, 0.25) is 11.8 Å². The van der Waals surface area contributed by atoms with Gasteiger partial charge in [-0.2, -0.15) is 0 Å². The molecule has 3 aromatic rings. The first-order valence-corrected chi connectivity index (χ1v) is 9.77. The van der Waals surface area contributed by atoms with Gasteiger partial charge in [-0.1, -0.05) is 36.4 Å². The lowest BCUT2D eigenvalue weighted by atomic mass is 10.1. The van der Waals surface area contributed by atoms with Crippen molar-refractivity contribution in [3.63, 3.8) is 0 Å². The molecule has 0 aliphatic carbocycles. The number of nitrogens with one attached hydrogen (secondary N) is 2. The highest BCUT2D eigenvalue weighted by Gasteiger charge is 2.23. The Balaban J connectivity index is 1.67. The second kappa shape index (κ2) is 9.38. The van der Waals surface area contributed by atoms with Crippen LogP contribution < -0.4 is 10.6 Å². The monoisotopic (exact) mass is 415 g/mol. The van der Waals surface area contributed by atoms with Crippen LogP contribution in [0.4, 0.5) is 8.78 Å². The molecule has 0 aliphatic rings. The quantitative estimate of drug-likeness (QED) is 0.623. The topological polar surface area (TPSA) is 71.1 Å². The fourth-order valence-corrected chi connectivity index (χ4v) is 3.62. The van der Waals surface area contributed by atoms with Crippen molar-refractivity contribution >= 4 is 23.2 Å². The number of rotatable bonds is 7. The summed E-state index contributed by atoms with van der Waals surface area (Å²) in [5.41, 5.74) is 1.86. The van der Waals surface area contributed by atoms with E-state index in [1.165, 1.54) is 24.5 Å². The van der Waals surface area contributed by atoms with Crippen LogP contribution in [0.15, 0.2) is 53.9 Å². The third-order valence-electron chi connectivity index (χ3n) is 4.23. The fourth-order valence-electron chi connectivity index (χ4n) is 2.79. The highest BCUT2D eigenvalue weighted by molar-refractivity contribution is 7.09. The maximum absolute atomic E-state index is 13.5. The molecule has 3 rings (SSSR count). The number of carbonyl (C=O) groups excluding carboxylic acids is 2. The molecular weight excluding hydrogens is 396 g/mol. The van der Waals surface area contributed by atoms with E-state index >= 15 is 0 Å². The van der Waals surface area contributed by atoms with Gasteiger partial charge in [-0.3, -0.25) is 9.59 Å². The third kappa shape index (κ3) is 5.45. The van der Waals surface area contributed by atoms with E-state index in [1.807, 2.05) is 30.3 Å². The fraction of sp³-hybridized carbons (Fsp3) is 0.190. The van der Waals surface area contributed by atoms with E-state index in [0.29, 0.717) is 12.1 Å². The largest absolute Gasteiger partial charge is 0.357 e. The van der Waals surface area contributed by atoms with Crippen LogP contribution in [0.1, 0.15) is 27.9 Å². The number of carbonyl (C=O) groups is 2. The summed E-state index contributed by atoms with van der Waals surface area (Å²) in [6.07, 6.45) is 0.644. The van der Waals surface area contributed by atoms with Gasteiger partial charge < -0.3 is 10.6 Å². The Hall–Kier alpha value is -3.13. The molecule has 150 valence electrons. The van der Waals surface area contributed by atoms with E-state index < -0.39 is 29.5 Å². The van der Waals surface area contributed by atoms with Crippen molar-refractivity contribution in [2.75, 3.05) is 7.05 Å². The van der Waals surface area contributed by atoms with Crippen LogP contribution >= 0.6 is 11.3 Å². The van der Waals surface area contributed by atoms with Crippen LogP contribution in [0.25, 0.3) is 0 Å². The zero-order valence-electron chi connectivity index (χ0n) is 15.6. The minimum absolute atomic E-state index is 0.0253. The first-order valence-electron chi connectivity index (χ1n) is 8.89. The second-order valence-electron chi connectivity index (χ2n) is 6.36. The summed E-state index contributed by atoms with van der Waals surface area (Å²) in [5, 5.41) is 7.65. The highest BCUT2D eigenvalue weighted by Crippen LogP contribution is 2.18. The number of amides is 2. The van der Waals surface area contributed by atoms with Gasteiger partial charge in [0.15, 0.2) is 11.6 Å². The van der Waals surface area contributed by atoms with Crippen molar-refractivity contribution in [2.45, 2.75) is 18.9 Å². The van der Waals surface area contributed by atoms with Crippen molar-refractivity contribution in [1.29, 1.82) is 0 Å². The van der Waals surface area contributed by atoms with E-state index in [-0.39, 0.29) is 12.0 Å². The predicted molar refractivity (Wildman–Crippen MR) is 106 cm³/mol. The summed E-state index contributed by atoms with van der Waals surface area (Å²) >= 11 is 1.45. The molecule has 1 aromatic heterocycles. The zero-order chi connectivity index (χ0) is 20.8. The number of hydrogen-bond acceptors (Lipinski definition) is 4. The van der Waals surface area contributed by atoms with Gasteiger partial charge in [-0.25, -0.2) is 13.8 Å². The number of nitrogens with zero attached hydrogens (tertiary/aromatic N) is 1. The van der Waals surface area contributed by atoms with Crippen LogP contribution in [-0.2, 0) is 22.4 Å². The Kier molecular flexibility index (Phi) is 6.66. The normalized spacial score (nSPS) is 11.7. The van der Waals surface area contributed by atoms with E-state index in [4.69, 9.17) is 0 Å². The summed E-state index contributed by atoms with van der Waals surface area (Å²) < 4.78 is 26.7. The molecule has 29 heavy (non-hydrogen) atoms. The van der Waals surface area contributed by atoms with Gasteiger partial charge >= 0.3 is 0 Å². The molecule has 5 nitrogen and oxygen atoms in total. The van der Waals surface area contributed by atoms with Crippen LogP contribution in [0.3, 0.4) is 0 Å². The summed E-state index contributed by atoms with van der Waals surface area (Å²) in [4.78, 5) is 29.1. The van der Waals surface area contributed by atoms with Crippen molar-refractivity contribution < 1.29 is 18.4 Å². The van der Waals surface area contributed by atoms with Gasteiger partial charge in [0.05, 0.1) is 17.1 Å². The van der Waals surface area contributed by atoms with Crippen molar-refractivity contribution in [3.8, 4) is 0 Å². The van der Waals surface area contributed by atoms with Crippen LogP contribution in [0.2, 0.25) is 0 Å². The maximum Gasteiger partial charge on any atom is 0.246 e. The lowest BCUT2D eigenvalue weighted by molar-refractivity contribution is -0.128. The summed E-state index contributed by atoms with van der Waals surface area (Å²) in [7, 11) is 1.40. The lowest BCUT2D eigenvalue weighted by Gasteiger charge is -2.17. The van der Waals surface area contributed by atoms with Gasteiger partial charge in [-0.05, 0) is 23.3 Å². The highest BCUT2D eigenvalue weighted by atomic mass is 32.1. The average Bonchev–Trinajstić information content (AvgIpc) is 3.15. The first-order chi connectivity index (χ1) is 14.0. The predicted octanol–water partition coefficient (Wildman–Crippen LogP) is 3.16. The summed E-state index contributed by atoms with van der Waals surface area (Å²) in [5.74, 6) is -3.09. The second-order valence-corrected chi connectivity index (χ2v) is 7.30. The number of benzene rings is 2.